The van der Waals surface area contributed by atoms with Crippen molar-refractivity contribution in [3.8, 4) is 0 Å². The Hall–Kier alpha value is -1.31. The lowest BCUT2D eigenvalue weighted by Gasteiger charge is -2.22. The molecule has 0 N–H and O–H groups in total. The molecule has 2 aliphatic rings. The predicted molar refractivity (Wildman–Crippen MR) is 68.5 cm³/mol. The maximum absolute atomic E-state index is 12.1. The Morgan fingerprint density at radius 2 is 2.29 bits per heavy atom. The topological polar surface area (TPSA) is 26.3 Å². The van der Waals surface area contributed by atoms with Crippen molar-refractivity contribution in [1.82, 2.24) is 0 Å². The minimum absolute atomic E-state index is 0.102. The molecule has 0 saturated carbocycles. The summed E-state index contributed by atoms with van der Waals surface area (Å²) >= 11 is 0. The first-order valence-electron chi connectivity index (χ1n) is 6.40. The predicted octanol–water partition coefficient (Wildman–Crippen LogP) is 3.55. The molecule has 0 aromatic heterocycles. The van der Waals surface area contributed by atoms with Crippen LogP contribution in [0.4, 0.5) is 0 Å². The highest BCUT2D eigenvalue weighted by Gasteiger charge is 2.23. The van der Waals surface area contributed by atoms with Crippen molar-refractivity contribution >= 4 is 5.78 Å². The Bertz CT molecular complexity index is 388. The van der Waals surface area contributed by atoms with Gasteiger partial charge in [0, 0.05) is 0 Å². The van der Waals surface area contributed by atoms with Crippen LogP contribution < -0.4 is 0 Å². The third-order valence-electron chi connectivity index (χ3n) is 3.56. The van der Waals surface area contributed by atoms with E-state index in [4.69, 9.17) is 4.74 Å². The standard InChI is InChI=1S/C15H20O2/c1-11(2)12-6-8-13(9-7-12)15(16)14-5-3-4-10-17-14/h5,8,12H,1,3-4,6-7,9-10H2,2H3/t12-/m1/s1. The van der Waals surface area contributed by atoms with Crippen molar-refractivity contribution in [3.63, 3.8) is 0 Å². The monoisotopic (exact) mass is 232 g/mol. The lowest BCUT2D eigenvalue weighted by Crippen LogP contribution is -2.17. The van der Waals surface area contributed by atoms with Crippen LogP contribution in [-0.2, 0) is 9.53 Å². The molecule has 1 heterocycles. The third kappa shape index (κ3) is 2.87. The van der Waals surface area contributed by atoms with Crippen molar-refractivity contribution in [3.05, 3.63) is 35.6 Å². The van der Waals surface area contributed by atoms with Crippen LogP contribution in [0.3, 0.4) is 0 Å². The van der Waals surface area contributed by atoms with E-state index in [1.807, 2.05) is 6.08 Å². The van der Waals surface area contributed by atoms with Gasteiger partial charge in [-0.25, -0.2) is 0 Å². The second kappa shape index (κ2) is 5.35. The highest BCUT2D eigenvalue weighted by molar-refractivity contribution is 6.06. The van der Waals surface area contributed by atoms with Crippen molar-refractivity contribution in [2.75, 3.05) is 6.61 Å². The van der Waals surface area contributed by atoms with E-state index >= 15 is 0 Å². The van der Waals surface area contributed by atoms with E-state index in [2.05, 4.69) is 19.6 Å². The summed E-state index contributed by atoms with van der Waals surface area (Å²) in [6.07, 6.45) is 8.83. The summed E-state index contributed by atoms with van der Waals surface area (Å²) in [5.41, 5.74) is 2.15. The molecular formula is C15H20O2. The fraction of sp³-hybridized carbons (Fsp3) is 0.533. The average Bonchev–Trinajstić information content (AvgIpc) is 2.39. The second-order valence-electron chi connectivity index (χ2n) is 4.94. The van der Waals surface area contributed by atoms with Crippen LogP contribution in [0.15, 0.2) is 35.6 Å². The Morgan fingerprint density at radius 3 is 2.82 bits per heavy atom. The van der Waals surface area contributed by atoms with Crippen LogP contribution in [0.2, 0.25) is 0 Å². The van der Waals surface area contributed by atoms with Gasteiger partial charge in [-0.05, 0) is 56.6 Å². The average molecular weight is 232 g/mol. The van der Waals surface area contributed by atoms with E-state index in [0.717, 1.165) is 37.7 Å². The van der Waals surface area contributed by atoms with E-state index in [1.165, 1.54) is 5.57 Å². The van der Waals surface area contributed by atoms with E-state index in [1.54, 1.807) is 0 Å². The maximum atomic E-state index is 12.1. The quantitative estimate of drug-likeness (QED) is 0.695. The minimum atomic E-state index is 0.102. The Morgan fingerprint density at radius 1 is 1.47 bits per heavy atom. The van der Waals surface area contributed by atoms with E-state index in [-0.39, 0.29) is 5.78 Å². The molecule has 0 spiro atoms. The molecule has 2 rings (SSSR count). The van der Waals surface area contributed by atoms with Crippen LogP contribution in [-0.4, -0.2) is 12.4 Å². The molecule has 1 aliphatic carbocycles. The molecule has 17 heavy (non-hydrogen) atoms. The van der Waals surface area contributed by atoms with E-state index in [0.29, 0.717) is 18.3 Å². The maximum Gasteiger partial charge on any atom is 0.222 e. The van der Waals surface area contributed by atoms with Crippen LogP contribution in [0.1, 0.15) is 39.0 Å². The zero-order chi connectivity index (χ0) is 12.3. The van der Waals surface area contributed by atoms with Crippen molar-refractivity contribution < 1.29 is 9.53 Å². The SMILES string of the molecule is C=C(C)[C@@H]1CC=C(C(=O)C2=CCCCO2)CC1. The number of carbonyl (C=O) groups excluding carboxylic acids is 1. The zero-order valence-corrected chi connectivity index (χ0v) is 10.5. The molecule has 0 aromatic carbocycles. The number of Topliss-reactive ketones (excluding diaryl/α,β-unsaturated/α-hetero) is 1. The molecule has 92 valence electrons. The molecule has 1 aliphatic heterocycles. The van der Waals surface area contributed by atoms with Crippen LogP contribution in [0, 0.1) is 5.92 Å². The second-order valence-corrected chi connectivity index (χ2v) is 4.94. The summed E-state index contributed by atoms with van der Waals surface area (Å²) in [7, 11) is 0. The van der Waals surface area contributed by atoms with E-state index < -0.39 is 0 Å². The minimum Gasteiger partial charge on any atom is -0.490 e. The lowest BCUT2D eigenvalue weighted by atomic mass is 9.84. The molecule has 0 saturated heterocycles. The van der Waals surface area contributed by atoms with Crippen molar-refractivity contribution in [2.24, 2.45) is 5.92 Å². The first kappa shape index (κ1) is 12.2. The van der Waals surface area contributed by atoms with Crippen molar-refractivity contribution in [1.29, 1.82) is 0 Å². The summed E-state index contributed by atoms with van der Waals surface area (Å²) in [5, 5.41) is 0. The number of hydrogen-bond donors (Lipinski definition) is 0. The number of hydrogen-bond acceptors (Lipinski definition) is 2. The third-order valence-corrected chi connectivity index (χ3v) is 3.56. The number of carbonyl (C=O) groups is 1. The number of ether oxygens (including phenoxy) is 1. The van der Waals surface area contributed by atoms with Gasteiger partial charge in [0.1, 0.15) is 0 Å². The van der Waals surface area contributed by atoms with E-state index in [9.17, 15) is 4.79 Å². The first-order chi connectivity index (χ1) is 8.18. The molecule has 2 heteroatoms. The first-order valence-corrected chi connectivity index (χ1v) is 6.40. The molecule has 2 nitrogen and oxygen atoms in total. The number of allylic oxidation sites excluding steroid dienone is 4. The van der Waals surface area contributed by atoms with Gasteiger partial charge < -0.3 is 4.74 Å². The van der Waals surface area contributed by atoms with Gasteiger partial charge in [0.15, 0.2) is 5.76 Å². The zero-order valence-electron chi connectivity index (χ0n) is 10.5. The van der Waals surface area contributed by atoms with Gasteiger partial charge in [-0.15, -0.1) is 0 Å². The molecule has 0 aromatic rings. The van der Waals surface area contributed by atoms with Gasteiger partial charge in [-0.1, -0.05) is 18.2 Å². The van der Waals surface area contributed by atoms with Crippen LogP contribution >= 0.6 is 0 Å². The largest absolute Gasteiger partial charge is 0.490 e. The van der Waals surface area contributed by atoms with Gasteiger partial charge >= 0.3 is 0 Å². The number of ketones is 1. The van der Waals surface area contributed by atoms with Gasteiger partial charge in [0.2, 0.25) is 5.78 Å². The summed E-state index contributed by atoms with van der Waals surface area (Å²) in [6, 6.07) is 0. The van der Waals surface area contributed by atoms with Gasteiger partial charge in [-0.3, -0.25) is 4.79 Å². The van der Waals surface area contributed by atoms with Crippen LogP contribution in [0.25, 0.3) is 0 Å². The summed E-state index contributed by atoms with van der Waals surface area (Å²) in [5.74, 6) is 1.22. The molecule has 0 amide bonds. The Kier molecular flexibility index (Phi) is 3.82. The summed E-state index contributed by atoms with van der Waals surface area (Å²) < 4.78 is 5.42. The van der Waals surface area contributed by atoms with Gasteiger partial charge in [0.25, 0.3) is 0 Å². The normalized spacial score (nSPS) is 24.4. The molecule has 1 atom stereocenters. The van der Waals surface area contributed by atoms with Gasteiger partial charge in [0.05, 0.1) is 6.61 Å². The van der Waals surface area contributed by atoms with Gasteiger partial charge in [-0.2, -0.15) is 0 Å². The summed E-state index contributed by atoms with van der Waals surface area (Å²) in [4.78, 5) is 12.1. The molecule has 0 radical (unpaired) electrons. The molecular weight excluding hydrogens is 212 g/mol. The van der Waals surface area contributed by atoms with Crippen molar-refractivity contribution in [2.45, 2.75) is 39.0 Å². The highest BCUT2D eigenvalue weighted by Crippen LogP contribution is 2.30. The Labute approximate surface area is 103 Å². The smallest absolute Gasteiger partial charge is 0.222 e. The fourth-order valence-corrected chi connectivity index (χ4v) is 2.36. The molecule has 0 bridgehead atoms. The molecule has 0 fully saturated rings. The summed E-state index contributed by atoms with van der Waals surface area (Å²) in [6.45, 7) is 6.74. The van der Waals surface area contributed by atoms with Crippen LogP contribution in [0.5, 0.6) is 0 Å². The lowest BCUT2D eigenvalue weighted by molar-refractivity contribution is -0.116. The Balaban J connectivity index is 2.02. The highest BCUT2D eigenvalue weighted by atomic mass is 16.5. The number of rotatable bonds is 3. The molecule has 0 unspecified atom stereocenters. The fourth-order valence-electron chi connectivity index (χ4n) is 2.36.